The SMILES string of the molecule is CC1CCC(c2ccc(OCOC(COC(=O)c3ccc([C@H]4CC[C@H](C)CC4)cc3)c3ccccc3)cc2)CC1. The Morgan fingerprint density at radius 3 is 1.77 bits per heavy atom. The molecular formula is C36H44O4. The van der Waals surface area contributed by atoms with Crippen molar-refractivity contribution in [2.45, 2.75) is 83.2 Å². The largest absolute Gasteiger partial charge is 0.468 e. The van der Waals surface area contributed by atoms with E-state index in [1.54, 1.807) is 0 Å². The highest BCUT2D eigenvalue weighted by Gasteiger charge is 2.22. The minimum atomic E-state index is -0.419. The third-order valence-electron chi connectivity index (χ3n) is 9.03. The van der Waals surface area contributed by atoms with Gasteiger partial charge in [0, 0.05) is 0 Å². The molecule has 2 aliphatic rings. The zero-order valence-corrected chi connectivity index (χ0v) is 24.1. The number of hydrogen-bond acceptors (Lipinski definition) is 4. The van der Waals surface area contributed by atoms with Crippen LogP contribution in [0.2, 0.25) is 0 Å². The van der Waals surface area contributed by atoms with Crippen molar-refractivity contribution >= 4 is 5.97 Å². The van der Waals surface area contributed by atoms with Crippen LogP contribution in [0.15, 0.2) is 78.9 Å². The van der Waals surface area contributed by atoms with E-state index in [4.69, 9.17) is 14.2 Å². The number of esters is 1. The smallest absolute Gasteiger partial charge is 0.338 e. The molecule has 0 bridgehead atoms. The van der Waals surface area contributed by atoms with Crippen LogP contribution in [0.1, 0.15) is 110 Å². The van der Waals surface area contributed by atoms with Gasteiger partial charge in [-0.25, -0.2) is 4.79 Å². The van der Waals surface area contributed by atoms with Crippen molar-refractivity contribution < 1.29 is 19.0 Å². The van der Waals surface area contributed by atoms with Crippen LogP contribution in [-0.4, -0.2) is 19.4 Å². The number of rotatable bonds is 10. The van der Waals surface area contributed by atoms with Gasteiger partial charge in [-0.05, 0) is 90.3 Å². The molecule has 1 atom stereocenters. The molecule has 3 aromatic carbocycles. The number of hydrogen-bond donors (Lipinski definition) is 0. The standard InChI is InChI=1S/C36H44O4/c1-26-8-12-28(13-9-26)30-16-18-33(19-17-30)36(37)38-24-35(32-6-4-3-5-7-32)40-25-39-34-22-20-31(21-23-34)29-14-10-27(2)11-15-29/h3-7,16-23,26-29,35H,8-15,24-25H2,1-2H3/t26-,27?,28-,29?,35?. The van der Waals surface area contributed by atoms with Crippen LogP contribution >= 0.6 is 0 Å². The molecule has 4 heteroatoms. The summed E-state index contributed by atoms with van der Waals surface area (Å²) in [6, 6.07) is 26.3. The molecule has 0 aliphatic heterocycles. The fraction of sp³-hybridized carbons (Fsp3) is 0.472. The van der Waals surface area contributed by atoms with Gasteiger partial charge in [0.25, 0.3) is 0 Å². The minimum absolute atomic E-state index is 0.0755. The Kier molecular flexibility index (Phi) is 9.94. The van der Waals surface area contributed by atoms with E-state index in [1.165, 1.54) is 62.5 Å². The normalized spacial score (nSPS) is 23.8. The van der Waals surface area contributed by atoms with Gasteiger partial charge < -0.3 is 14.2 Å². The van der Waals surface area contributed by atoms with Gasteiger partial charge >= 0.3 is 5.97 Å². The first-order valence-electron chi connectivity index (χ1n) is 15.2. The Morgan fingerprint density at radius 1 is 0.700 bits per heavy atom. The van der Waals surface area contributed by atoms with Gasteiger partial charge in [-0.2, -0.15) is 0 Å². The second kappa shape index (κ2) is 14.0. The lowest BCUT2D eigenvalue weighted by Crippen LogP contribution is -2.18. The van der Waals surface area contributed by atoms with E-state index in [0.717, 1.165) is 23.1 Å². The van der Waals surface area contributed by atoms with E-state index in [0.29, 0.717) is 17.4 Å². The predicted molar refractivity (Wildman–Crippen MR) is 160 cm³/mol. The highest BCUT2D eigenvalue weighted by Crippen LogP contribution is 2.37. The van der Waals surface area contributed by atoms with E-state index < -0.39 is 6.10 Å². The maximum absolute atomic E-state index is 12.9. The number of benzene rings is 3. The monoisotopic (exact) mass is 540 g/mol. The molecule has 0 N–H and O–H groups in total. The molecule has 0 heterocycles. The summed E-state index contributed by atoms with van der Waals surface area (Å²) in [7, 11) is 0. The number of carbonyl (C=O) groups is 1. The summed E-state index contributed by atoms with van der Waals surface area (Å²) in [6.07, 6.45) is 9.77. The minimum Gasteiger partial charge on any atom is -0.468 e. The van der Waals surface area contributed by atoms with Crippen LogP contribution in [0.25, 0.3) is 0 Å². The van der Waals surface area contributed by atoms with E-state index >= 15 is 0 Å². The Morgan fingerprint density at radius 2 is 1.23 bits per heavy atom. The van der Waals surface area contributed by atoms with Crippen molar-refractivity contribution in [2.24, 2.45) is 11.8 Å². The van der Waals surface area contributed by atoms with Crippen LogP contribution in [0, 0.1) is 11.8 Å². The molecule has 2 saturated carbocycles. The van der Waals surface area contributed by atoms with Crippen molar-refractivity contribution in [2.75, 3.05) is 13.4 Å². The molecule has 40 heavy (non-hydrogen) atoms. The quantitative estimate of drug-likeness (QED) is 0.190. The average molecular weight is 541 g/mol. The van der Waals surface area contributed by atoms with Gasteiger partial charge in [-0.3, -0.25) is 0 Å². The lowest BCUT2D eigenvalue weighted by atomic mass is 9.79. The highest BCUT2D eigenvalue weighted by molar-refractivity contribution is 5.89. The van der Waals surface area contributed by atoms with E-state index in [2.05, 4.69) is 38.1 Å². The Balaban J connectivity index is 1.13. The van der Waals surface area contributed by atoms with E-state index in [-0.39, 0.29) is 19.4 Å². The Labute approximate surface area is 240 Å². The van der Waals surface area contributed by atoms with Crippen LogP contribution in [0.4, 0.5) is 0 Å². The number of ether oxygens (including phenoxy) is 3. The maximum atomic E-state index is 12.9. The Hall–Kier alpha value is -3.11. The zero-order chi connectivity index (χ0) is 27.7. The molecule has 0 radical (unpaired) electrons. The van der Waals surface area contributed by atoms with Gasteiger partial charge in [0.1, 0.15) is 18.5 Å². The maximum Gasteiger partial charge on any atom is 0.338 e. The first-order valence-corrected chi connectivity index (χ1v) is 15.2. The van der Waals surface area contributed by atoms with Crippen molar-refractivity contribution in [3.8, 4) is 5.75 Å². The summed E-state index contributed by atoms with van der Waals surface area (Å²) in [4.78, 5) is 12.9. The Bertz CT molecular complexity index is 1170. The van der Waals surface area contributed by atoms with Gasteiger partial charge in [-0.15, -0.1) is 0 Å². The second-order valence-electron chi connectivity index (χ2n) is 12.0. The molecule has 0 saturated heterocycles. The van der Waals surface area contributed by atoms with Crippen LogP contribution in [0.5, 0.6) is 5.75 Å². The fourth-order valence-corrected chi connectivity index (χ4v) is 6.24. The van der Waals surface area contributed by atoms with Gasteiger partial charge in [-0.1, -0.05) is 94.1 Å². The zero-order valence-electron chi connectivity index (χ0n) is 24.1. The van der Waals surface area contributed by atoms with E-state index in [1.807, 2.05) is 54.6 Å². The topological polar surface area (TPSA) is 44.8 Å². The summed E-state index contributed by atoms with van der Waals surface area (Å²) < 4.78 is 17.7. The second-order valence-corrected chi connectivity index (χ2v) is 12.0. The van der Waals surface area contributed by atoms with Crippen LogP contribution in [0.3, 0.4) is 0 Å². The highest BCUT2D eigenvalue weighted by atomic mass is 16.7. The molecule has 212 valence electrons. The summed E-state index contributed by atoms with van der Waals surface area (Å²) >= 11 is 0. The molecule has 0 spiro atoms. The molecule has 1 unspecified atom stereocenters. The molecule has 2 aliphatic carbocycles. The molecule has 4 nitrogen and oxygen atoms in total. The first-order chi connectivity index (χ1) is 19.5. The third-order valence-corrected chi connectivity index (χ3v) is 9.03. The molecule has 0 amide bonds. The summed E-state index contributed by atoms with van der Waals surface area (Å²) in [5.74, 6) is 3.39. The summed E-state index contributed by atoms with van der Waals surface area (Å²) in [6.45, 7) is 4.88. The summed E-state index contributed by atoms with van der Waals surface area (Å²) in [5, 5.41) is 0. The third kappa shape index (κ3) is 7.75. The average Bonchev–Trinajstić information content (AvgIpc) is 3.00. The predicted octanol–water partition coefficient (Wildman–Crippen LogP) is 9.23. The lowest BCUT2D eigenvalue weighted by Gasteiger charge is -2.26. The first kappa shape index (κ1) is 28.4. The van der Waals surface area contributed by atoms with Crippen molar-refractivity contribution in [3.05, 3.63) is 101 Å². The van der Waals surface area contributed by atoms with Crippen LogP contribution in [-0.2, 0) is 9.47 Å². The molecule has 0 aromatic heterocycles. The van der Waals surface area contributed by atoms with Crippen LogP contribution < -0.4 is 4.74 Å². The lowest BCUT2D eigenvalue weighted by molar-refractivity contribution is -0.0641. The van der Waals surface area contributed by atoms with Crippen molar-refractivity contribution in [1.29, 1.82) is 0 Å². The fourth-order valence-electron chi connectivity index (χ4n) is 6.24. The molecular weight excluding hydrogens is 496 g/mol. The molecule has 5 rings (SSSR count). The van der Waals surface area contributed by atoms with Crippen molar-refractivity contribution in [1.82, 2.24) is 0 Å². The van der Waals surface area contributed by atoms with Crippen molar-refractivity contribution in [3.63, 3.8) is 0 Å². The molecule has 3 aromatic rings. The number of carbonyl (C=O) groups excluding carboxylic acids is 1. The van der Waals surface area contributed by atoms with E-state index in [9.17, 15) is 4.79 Å². The molecule has 2 fully saturated rings. The van der Waals surface area contributed by atoms with Gasteiger partial charge in [0.15, 0.2) is 6.79 Å². The van der Waals surface area contributed by atoms with Gasteiger partial charge in [0.2, 0.25) is 0 Å². The van der Waals surface area contributed by atoms with Gasteiger partial charge in [0.05, 0.1) is 5.56 Å². The summed E-state index contributed by atoms with van der Waals surface area (Å²) in [5.41, 5.74) is 4.24.